The number of carbonyl (C=O) groups excluding carboxylic acids is 1. The molecule has 8 heteroatoms. The second kappa shape index (κ2) is 6.81. The van der Waals surface area contributed by atoms with E-state index in [0.29, 0.717) is 22.8 Å². The highest BCUT2D eigenvalue weighted by molar-refractivity contribution is 6.31. The first-order valence-electron chi connectivity index (χ1n) is 8.62. The van der Waals surface area contributed by atoms with Gasteiger partial charge in [0.25, 0.3) is 0 Å². The van der Waals surface area contributed by atoms with Crippen LogP contribution in [0.5, 0.6) is 0 Å². The van der Waals surface area contributed by atoms with E-state index in [1.54, 1.807) is 18.3 Å². The fourth-order valence-corrected chi connectivity index (χ4v) is 4.31. The van der Waals surface area contributed by atoms with Crippen LogP contribution in [-0.2, 0) is 16.1 Å². The largest absolute Gasteiger partial charge is 0.481 e. The summed E-state index contributed by atoms with van der Waals surface area (Å²) in [5.74, 6) is -2.91. The maximum atomic E-state index is 13.9. The second-order valence-corrected chi connectivity index (χ2v) is 7.33. The number of nitrogens with zero attached hydrogens (tertiary/aromatic N) is 2. The first kappa shape index (κ1) is 17.7. The predicted molar refractivity (Wildman–Crippen MR) is 96.7 cm³/mol. The van der Waals surface area contributed by atoms with Gasteiger partial charge in [-0.1, -0.05) is 29.8 Å². The number of benzene rings is 1. The highest BCUT2D eigenvalue weighted by atomic mass is 35.5. The number of aliphatic carboxylic acids is 1. The molecule has 6 nitrogen and oxygen atoms in total. The van der Waals surface area contributed by atoms with Crippen molar-refractivity contribution in [1.29, 1.82) is 0 Å². The Kier molecular flexibility index (Phi) is 4.47. The molecule has 1 saturated carbocycles. The molecule has 4 atom stereocenters. The molecular weight excluding hydrogens is 373 g/mol. The van der Waals surface area contributed by atoms with Gasteiger partial charge in [-0.2, -0.15) is 5.10 Å². The number of fused-ring (bicyclic) bond motifs is 2. The van der Waals surface area contributed by atoms with Crippen LogP contribution in [0.25, 0.3) is 0 Å². The number of rotatable bonds is 5. The molecule has 0 spiro atoms. The second-order valence-electron chi connectivity index (χ2n) is 6.93. The maximum Gasteiger partial charge on any atom is 0.307 e. The van der Waals surface area contributed by atoms with Crippen molar-refractivity contribution in [3.63, 3.8) is 0 Å². The Morgan fingerprint density at radius 2 is 2.00 bits per heavy atom. The summed E-state index contributed by atoms with van der Waals surface area (Å²) >= 11 is 6.03. The summed E-state index contributed by atoms with van der Waals surface area (Å²) < 4.78 is 15.4. The summed E-state index contributed by atoms with van der Waals surface area (Å²) in [5, 5.41) is 16.7. The third-order valence-electron chi connectivity index (χ3n) is 5.32. The van der Waals surface area contributed by atoms with E-state index in [1.807, 2.05) is 12.2 Å². The average molecular weight is 390 g/mol. The molecule has 1 fully saturated rings. The van der Waals surface area contributed by atoms with Crippen LogP contribution in [-0.4, -0.2) is 26.8 Å². The summed E-state index contributed by atoms with van der Waals surface area (Å²) in [6.45, 7) is 0.121. The van der Waals surface area contributed by atoms with E-state index in [-0.39, 0.29) is 24.3 Å². The Labute approximate surface area is 159 Å². The average Bonchev–Trinajstić information content (AvgIpc) is 3.33. The molecule has 1 amide bonds. The Bertz CT molecular complexity index is 922. The van der Waals surface area contributed by atoms with E-state index in [0.717, 1.165) is 0 Å². The first-order valence-corrected chi connectivity index (χ1v) is 9.00. The number of halogens is 2. The van der Waals surface area contributed by atoms with Crippen LogP contribution in [0.1, 0.15) is 12.0 Å². The van der Waals surface area contributed by atoms with Crippen molar-refractivity contribution in [3.05, 3.63) is 59.0 Å². The molecule has 2 aliphatic rings. The summed E-state index contributed by atoms with van der Waals surface area (Å²) in [6, 6.07) is 6.03. The van der Waals surface area contributed by atoms with Gasteiger partial charge >= 0.3 is 5.97 Å². The Balaban J connectivity index is 1.47. The molecule has 2 aliphatic carbocycles. The van der Waals surface area contributed by atoms with Gasteiger partial charge in [0.1, 0.15) is 5.82 Å². The van der Waals surface area contributed by atoms with Gasteiger partial charge in [-0.3, -0.25) is 14.3 Å². The minimum atomic E-state index is -0.952. The van der Waals surface area contributed by atoms with E-state index in [9.17, 15) is 19.1 Å². The third-order valence-corrected chi connectivity index (χ3v) is 5.68. The van der Waals surface area contributed by atoms with E-state index >= 15 is 0 Å². The predicted octanol–water partition coefficient (Wildman–Crippen LogP) is 3.19. The molecule has 0 unspecified atom stereocenters. The van der Waals surface area contributed by atoms with Crippen LogP contribution in [0.15, 0.2) is 42.6 Å². The highest BCUT2D eigenvalue weighted by Gasteiger charge is 2.51. The third kappa shape index (κ3) is 3.23. The SMILES string of the molecule is O=C(O)[C@@H]1[C@H](C(=O)Nc2ccn(Cc3c(F)cccc3Cl)n2)[C@H]2C=C[C@H]1C2. The van der Waals surface area contributed by atoms with Crippen molar-refractivity contribution in [2.75, 3.05) is 5.32 Å². The van der Waals surface area contributed by atoms with Gasteiger partial charge in [0.05, 0.1) is 18.4 Å². The van der Waals surface area contributed by atoms with Gasteiger partial charge in [-0.05, 0) is 30.4 Å². The van der Waals surface area contributed by atoms with Gasteiger partial charge in [0.2, 0.25) is 5.91 Å². The lowest BCUT2D eigenvalue weighted by Crippen LogP contribution is -2.36. The van der Waals surface area contributed by atoms with Crippen molar-refractivity contribution >= 4 is 29.3 Å². The standard InChI is InChI=1S/C19H17ClFN3O3/c20-13-2-1-3-14(21)12(13)9-24-7-6-15(23-24)22-18(25)16-10-4-5-11(8-10)17(16)19(26)27/h1-7,10-11,16-17H,8-9H2,(H,26,27)(H,22,23,25)/t10-,11-,16+,17-/m0/s1. The minimum absolute atomic E-state index is 0.0598. The number of hydrogen-bond donors (Lipinski definition) is 2. The Morgan fingerprint density at radius 1 is 1.26 bits per heavy atom. The molecule has 27 heavy (non-hydrogen) atoms. The van der Waals surface area contributed by atoms with Crippen molar-refractivity contribution < 1.29 is 19.1 Å². The number of carboxylic acid groups (broad SMARTS) is 1. The lowest BCUT2D eigenvalue weighted by Gasteiger charge is -2.23. The minimum Gasteiger partial charge on any atom is -0.481 e. The van der Waals surface area contributed by atoms with Gasteiger partial charge in [-0.15, -0.1) is 0 Å². The van der Waals surface area contributed by atoms with Crippen molar-refractivity contribution in [2.24, 2.45) is 23.7 Å². The monoisotopic (exact) mass is 389 g/mol. The number of anilines is 1. The molecule has 1 aromatic heterocycles. The summed E-state index contributed by atoms with van der Waals surface area (Å²) in [7, 11) is 0. The normalized spacial score (nSPS) is 25.7. The van der Waals surface area contributed by atoms with E-state index in [4.69, 9.17) is 11.6 Å². The zero-order chi connectivity index (χ0) is 19.1. The molecule has 140 valence electrons. The number of carbonyl (C=O) groups is 2. The first-order chi connectivity index (χ1) is 12.9. The van der Waals surface area contributed by atoms with Crippen LogP contribution in [0, 0.1) is 29.5 Å². The summed E-state index contributed by atoms with van der Waals surface area (Å²) in [5.41, 5.74) is 0.310. The van der Waals surface area contributed by atoms with Crippen LogP contribution >= 0.6 is 11.6 Å². The van der Waals surface area contributed by atoms with Gasteiger partial charge in [0.15, 0.2) is 5.82 Å². The van der Waals surface area contributed by atoms with Crippen molar-refractivity contribution in [2.45, 2.75) is 13.0 Å². The molecular formula is C19H17ClFN3O3. The maximum absolute atomic E-state index is 13.9. The number of allylic oxidation sites excluding steroid dienone is 2. The van der Waals surface area contributed by atoms with E-state index < -0.39 is 23.6 Å². The smallest absolute Gasteiger partial charge is 0.307 e. The molecule has 2 aromatic rings. The zero-order valence-corrected chi connectivity index (χ0v) is 14.9. The highest BCUT2D eigenvalue weighted by Crippen LogP contribution is 2.48. The molecule has 1 aromatic carbocycles. The summed E-state index contributed by atoms with van der Waals surface area (Å²) in [4.78, 5) is 24.2. The molecule has 4 rings (SSSR count). The lowest BCUT2D eigenvalue weighted by molar-refractivity contribution is -0.146. The summed E-state index contributed by atoms with van der Waals surface area (Å²) in [6.07, 6.45) is 6.11. The van der Waals surface area contributed by atoms with Crippen LogP contribution in [0.2, 0.25) is 5.02 Å². The number of aromatic nitrogens is 2. The van der Waals surface area contributed by atoms with Crippen LogP contribution in [0.4, 0.5) is 10.2 Å². The Morgan fingerprint density at radius 3 is 2.70 bits per heavy atom. The topological polar surface area (TPSA) is 84.2 Å². The number of carboxylic acids is 1. The molecule has 2 N–H and O–H groups in total. The molecule has 0 saturated heterocycles. The number of amides is 1. The molecule has 1 heterocycles. The van der Waals surface area contributed by atoms with Crippen LogP contribution < -0.4 is 5.32 Å². The van der Waals surface area contributed by atoms with Crippen molar-refractivity contribution in [3.8, 4) is 0 Å². The fourth-order valence-electron chi connectivity index (χ4n) is 4.09. The number of hydrogen-bond acceptors (Lipinski definition) is 3. The zero-order valence-electron chi connectivity index (χ0n) is 14.2. The van der Waals surface area contributed by atoms with Gasteiger partial charge < -0.3 is 10.4 Å². The lowest BCUT2D eigenvalue weighted by atomic mass is 9.82. The van der Waals surface area contributed by atoms with Gasteiger partial charge in [-0.25, -0.2) is 4.39 Å². The molecule has 0 aliphatic heterocycles. The van der Waals surface area contributed by atoms with Crippen molar-refractivity contribution in [1.82, 2.24) is 9.78 Å². The molecule has 0 radical (unpaired) electrons. The quantitative estimate of drug-likeness (QED) is 0.769. The molecule has 2 bridgehead atoms. The van der Waals surface area contributed by atoms with Gasteiger partial charge in [0, 0.05) is 22.8 Å². The van der Waals surface area contributed by atoms with Crippen LogP contribution in [0.3, 0.4) is 0 Å². The van der Waals surface area contributed by atoms with E-state index in [2.05, 4.69) is 10.4 Å². The fraction of sp³-hybridized carbons (Fsp3) is 0.316. The number of nitrogens with one attached hydrogen (secondary N) is 1. The van der Waals surface area contributed by atoms with E-state index in [1.165, 1.54) is 16.8 Å². The Hall–Kier alpha value is -2.67.